The van der Waals surface area contributed by atoms with E-state index in [4.69, 9.17) is 10.5 Å². The van der Waals surface area contributed by atoms with Gasteiger partial charge in [-0.3, -0.25) is 4.98 Å². The van der Waals surface area contributed by atoms with Gasteiger partial charge in [-0.05, 0) is 30.4 Å². The predicted molar refractivity (Wildman–Crippen MR) is 109 cm³/mol. The van der Waals surface area contributed by atoms with Gasteiger partial charge in [-0.2, -0.15) is 0 Å². The fourth-order valence-electron chi connectivity index (χ4n) is 3.69. The molecule has 4 rings (SSSR count). The van der Waals surface area contributed by atoms with E-state index in [2.05, 4.69) is 44.6 Å². The Morgan fingerprint density at radius 3 is 2.96 bits per heavy atom. The van der Waals surface area contributed by atoms with Crippen molar-refractivity contribution >= 4 is 23.1 Å². The van der Waals surface area contributed by atoms with Crippen LogP contribution in [0.25, 0.3) is 0 Å². The van der Waals surface area contributed by atoms with Gasteiger partial charge in [0.05, 0.1) is 24.7 Å². The molecule has 2 aromatic rings. The molecule has 2 N–H and O–H groups in total. The minimum atomic E-state index is 0.132. The minimum Gasteiger partial charge on any atom is -0.496 e. The average Bonchev–Trinajstić information content (AvgIpc) is 3.17. The molecule has 0 bridgehead atoms. The lowest BCUT2D eigenvalue weighted by Crippen LogP contribution is -2.43. The molecule has 5 nitrogen and oxygen atoms in total. The first-order valence-electron chi connectivity index (χ1n) is 8.96. The molecule has 3 heterocycles. The molecule has 1 fully saturated rings. The van der Waals surface area contributed by atoms with Crippen molar-refractivity contribution < 1.29 is 4.74 Å². The van der Waals surface area contributed by atoms with Crippen molar-refractivity contribution in [2.45, 2.75) is 24.3 Å². The monoisotopic (exact) mass is 368 g/mol. The Balaban J connectivity index is 1.69. The molecule has 1 aromatic carbocycles. The summed E-state index contributed by atoms with van der Waals surface area (Å²) in [6.45, 7) is 1.93. The number of piperidine rings is 1. The van der Waals surface area contributed by atoms with Crippen LogP contribution < -0.4 is 20.3 Å². The topological polar surface area (TPSA) is 54.6 Å². The highest BCUT2D eigenvalue weighted by atomic mass is 32.2. The molecule has 2 aliphatic heterocycles. The van der Waals surface area contributed by atoms with Crippen molar-refractivity contribution in [3.8, 4) is 5.75 Å². The lowest BCUT2D eigenvalue weighted by Gasteiger charge is -2.36. The number of benzene rings is 1. The normalized spacial score (nSPS) is 22.7. The molecular formula is C20H24N4OS. The number of hydrogen-bond acceptors (Lipinski definition) is 6. The molecule has 1 unspecified atom stereocenters. The van der Waals surface area contributed by atoms with Crippen molar-refractivity contribution in [2.75, 3.05) is 30.0 Å². The van der Waals surface area contributed by atoms with Crippen LogP contribution in [0.3, 0.4) is 0 Å². The van der Waals surface area contributed by atoms with Crippen LogP contribution in [0, 0.1) is 0 Å². The lowest BCUT2D eigenvalue weighted by atomic mass is 10.1. The maximum absolute atomic E-state index is 6.22. The summed E-state index contributed by atoms with van der Waals surface area (Å²) >= 11 is 1.78. The molecule has 136 valence electrons. The molecule has 0 radical (unpaired) electrons. The van der Waals surface area contributed by atoms with Gasteiger partial charge in [0.1, 0.15) is 11.1 Å². The fraction of sp³-hybridized carbons (Fsp3) is 0.350. The number of para-hydroxylation sites is 1. The van der Waals surface area contributed by atoms with Gasteiger partial charge in [-0.1, -0.05) is 18.2 Å². The van der Waals surface area contributed by atoms with E-state index in [0.29, 0.717) is 0 Å². The molecule has 26 heavy (non-hydrogen) atoms. The largest absolute Gasteiger partial charge is 0.496 e. The van der Waals surface area contributed by atoms with Gasteiger partial charge in [0.25, 0.3) is 0 Å². The van der Waals surface area contributed by atoms with Crippen LogP contribution in [0.4, 0.5) is 11.4 Å². The summed E-state index contributed by atoms with van der Waals surface area (Å²) < 4.78 is 5.59. The smallest absolute Gasteiger partial charge is 0.125 e. The Bertz CT molecular complexity index is 797. The van der Waals surface area contributed by atoms with Crippen LogP contribution in [-0.4, -0.2) is 31.2 Å². The zero-order valence-electron chi connectivity index (χ0n) is 14.9. The molecule has 0 spiro atoms. The number of ether oxygens (including phenoxy) is 1. The number of methoxy groups -OCH3 is 1. The molecule has 1 aromatic heterocycles. The number of rotatable bonds is 4. The first-order chi connectivity index (χ1) is 12.8. The highest BCUT2D eigenvalue weighted by Crippen LogP contribution is 2.47. The fourth-order valence-corrected chi connectivity index (χ4v) is 4.70. The van der Waals surface area contributed by atoms with Crippen molar-refractivity contribution in [2.24, 2.45) is 5.73 Å². The second-order valence-electron chi connectivity index (χ2n) is 6.64. The number of pyridine rings is 1. The zero-order chi connectivity index (χ0) is 17.9. The molecule has 2 aliphatic rings. The van der Waals surface area contributed by atoms with E-state index in [1.165, 1.54) is 5.69 Å². The molecule has 0 saturated carbocycles. The van der Waals surface area contributed by atoms with Crippen molar-refractivity contribution in [3.05, 3.63) is 59.9 Å². The summed E-state index contributed by atoms with van der Waals surface area (Å²) in [6, 6.07) is 10.5. The number of nitrogens with zero attached hydrogens (tertiary/aromatic N) is 3. The Morgan fingerprint density at radius 2 is 2.12 bits per heavy atom. The maximum Gasteiger partial charge on any atom is 0.125 e. The van der Waals surface area contributed by atoms with Gasteiger partial charge in [0, 0.05) is 37.1 Å². The number of thioether (sulfide) groups is 1. The number of nitrogens with two attached hydrogens (primary N) is 1. The van der Waals surface area contributed by atoms with Gasteiger partial charge in [0.2, 0.25) is 0 Å². The third-order valence-electron chi connectivity index (χ3n) is 4.94. The van der Waals surface area contributed by atoms with Crippen LogP contribution >= 0.6 is 11.8 Å². The van der Waals surface area contributed by atoms with Gasteiger partial charge in [-0.15, -0.1) is 11.8 Å². The molecule has 6 heteroatoms. The second-order valence-corrected chi connectivity index (χ2v) is 7.63. The van der Waals surface area contributed by atoms with Crippen molar-refractivity contribution in [1.29, 1.82) is 0 Å². The van der Waals surface area contributed by atoms with Crippen LogP contribution in [0.2, 0.25) is 0 Å². The second kappa shape index (κ2) is 7.60. The standard InChI is InChI=1S/C20H24N4OS/c1-25-19-7-3-2-6-16(19)20-24(11-12-26-20)18-13-22-9-8-17(18)23-10-4-5-15(21)14-23/h2-3,6-9,11-13,15,20H,4-5,10,14,21H2,1H3/t15?,20-/m0/s1. The summed E-state index contributed by atoms with van der Waals surface area (Å²) in [7, 11) is 1.72. The van der Waals surface area contributed by atoms with Crippen LogP contribution in [-0.2, 0) is 0 Å². The summed E-state index contributed by atoms with van der Waals surface area (Å²) in [5, 5.41) is 2.27. The lowest BCUT2D eigenvalue weighted by molar-refractivity contribution is 0.409. The van der Waals surface area contributed by atoms with Crippen LogP contribution in [0.1, 0.15) is 23.8 Å². The third kappa shape index (κ3) is 3.27. The van der Waals surface area contributed by atoms with E-state index in [1.54, 1.807) is 18.9 Å². The average molecular weight is 369 g/mol. The summed E-state index contributed by atoms with van der Waals surface area (Å²) in [4.78, 5) is 9.07. The van der Waals surface area contributed by atoms with Gasteiger partial charge in [0.15, 0.2) is 0 Å². The van der Waals surface area contributed by atoms with Crippen LogP contribution in [0.5, 0.6) is 5.75 Å². The highest BCUT2D eigenvalue weighted by Gasteiger charge is 2.29. The van der Waals surface area contributed by atoms with E-state index in [1.807, 2.05) is 24.5 Å². The molecule has 2 atom stereocenters. The van der Waals surface area contributed by atoms with Crippen LogP contribution in [0.15, 0.2) is 54.3 Å². The minimum absolute atomic E-state index is 0.132. The van der Waals surface area contributed by atoms with E-state index < -0.39 is 0 Å². The van der Waals surface area contributed by atoms with Gasteiger partial charge in [-0.25, -0.2) is 0 Å². The Morgan fingerprint density at radius 1 is 1.23 bits per heavy atom. The van der Waals surface area contributed by atoms with Gasteiger partial charge >= 0.3 is 0 Å². The Labute approximate surface area is 158 Å². The van der Waals surface area contributed by atoms with Crippen molar-refractivity contribution in [1.82, 2.24) is 4.98 Å². The zero-order valence-corrected chi connectivity index (χ0v) is 15.7. The summed E-state index contributed by atoms with van der Waals surface area (Å²) in [6.07, 6.45) is 8.17. The number of hydrogen-bond donors (Lipinski definition) is 1. The molecule has 0 amide bonds. The highest BCUT2D eigenvalue weighted by molar-refractivity contribution is 8.02. The van der Waals surface area contributed by atoms with E-state index in [9.17, 15) is 0 Å². The summed E-state index contributed by atoms with van der Waals surface area (Å²) in [5.74, 6) is 0.907. The quantitative estimate of drug-likeness (QED) is 0.887. The summed E-state index contributed by atoms with van der Waals surface area (Å²) in [5.41, 5.74) is 9.69. The van der Waals surface area contributed by atoms with E-state index >= 15 is 0 Å². The van der Waals surface area contributed by atoms with E-state index in [0.717, 1.165) is 42.9 Å². The molecule has 0 aliphatic carbocycles. The first-order valence-corrected chi connectivity index (χ1v) is 9.90. The Hall–Kier alpha value is -2.18. The third-order valence-corrected chi connectivity index (χ3v) is 5.96. The van der Waals surface area contributed by atoms with E-state index in [-0.39, 0.29) is 11.4 Å². The maximum atomic E-state index is 6.22. The predicted octanol–water partition coefficient (Wildman–Crippen LogP) is 3.74. The van der Waals surface area contributed by atoms with Crippen molar-refractivity contribution in [3.63, 3.8) is 0 Å². The SMILES string of the molecule is COc1ccccc1[C@@H]1SC=CN1c1cnccc1N1CCCC(N)C1. The Kier molecular flexibility index (Phi) is 5.04. The number of aromatic nitrogens is 1. The first kappa shape index (κ1) is 17.2. The van der Waals surface area contributed by atoms with Gasteiger partial charge < -0.3 is 20.3 Å². The molecular weight excluding hydrogens is 344 g/mol. The number of anilines is 2. The molecule has 1 saturated heterocycles.